The molecule has 2 unspecified atom stereocenters. The molecule has 18 heavy (non-hydrogen) atoms. The quantitative estimate of drug-likeness (QED) is 0.909. The molecule has 1 aliphatic heterocycles. The Bertz CT molecular complexity index is 375. The molecule has 1 aromatic rings. The second kappa shape index (κ2) is 6.13. The van der Waals surface area contributed by atoms with Crippen molar-refractivity contribution < 1.29 is 0 Å². The van der Waals surface area contributed by atoms with E-state index in [0.29, 0.717) is 18.0 Å². The van der Waals surface area contributed by atoms with E-state index in [0.717, 1.165) is 6.54 Å². The Morgan fingerprint density at radius 2 is 2.33 bits per heavy atom. The van der Waals surface area contributed by atoms with Crippen molar-refractivity contribution in [2.45, 2.75) is 45.7 Å². The predicted octanol–water partition coefficient (Wildman–Crippen LogP) is 2.83. The van der Waals surface area contributed by atoms with E-state index in [9.17, 15) is 0 Å². The Labute approximate surface area is 115 Å². The summed E-state index contributed by atoms with van der Waals surface area (Å²) in [6.07, 6.45) is 2.62. The molecule has 0 aliphatic carbocycles. The molecule has 4 heteroatoms. The zero-order valence-electron chi connectivity index (χ0n) is 11.9. The first kappa shape index (κ1) is 14.0. The van der Waals surface area contributed by atoms with E-state index in [4.69, 9.17) is 4.98 Å². The van der Waals surface area contributed by atoms with Crippen LogP contribution < -0.4 is 5.32 Å². The highest BCUT2D eigenvalue weighted by Gasteiger charge is 2.31. The summed E-state index contributed by atoms with van der Waals surface area (Å²) >= 11 is 1.77. The standard InChI is InChI=1S/C14H25N3S/c1-10(2)15-8-12-6-5-7-17(4)14(12)13-9-18-11(3)16-13/h9-10,12,14-15H,5-8H2,1-4H3. The van der Waals surface area contributed by atoms with Crippen molar-refractivity contribution in [3.8, 4) is 0 Å². The molecule has 2 atom stereocenters. The second-order valence-electron chi connectivity index (χ2n) is 5.68. The maximum atomic E-state index is 4.71. The number of likely N-dealkylation sites (tertiary alicyclic amines) is 1. The van der Waals surface area contributed by atoms with E-state index in [1.807, 2.05) is 0 Å². The van der Waals surface area contributed by atoms with Crippen LogP contribution in [0.15, 0.2) is 5.38 Å². The van der Waals surface area contributed by atoms with Crippen molar-refractivity contribution in [1.29, 1.82) is 0 Å². The lowest BCUT2D eigenvalue weighted by atomic mass is 9.87. The highest BCUT2D eigenvalue weighted by atomic mass is 32.1. The van der Waals surface area contributed by atoms with Crippen LogP contribution >= 0.6 is 11.3 Å². The molecule has 1 fully saturated rings. The van der Waals surface area contributed by atoms with E-state index in [1.165, 1.54) is 30.1 Å². The van der Waals surface area contributed by atoms with Crippen molar-refractivity contribution in [2.24, 2.45) is 5.92 Å². The Balaban J connectivity index is 2.10. The van der Waals surface area contributed by atoms with Crippen molar-refractivity contribution in [3.63, 3.8) is 0 Å². The molecule has 0 radical (unpaired) electrons. The molecule has 0 spiro atoms. The maximum absolute atomic E-state index is 4.71. The van der Waals surface area contributed by atoms with Gasteiger partial charge in [-0.15, -0.1) is 11.3 Å². The number of nitrogens with zero attached hydrogens (tertiary/aromatic N) is 2. The van der Waals surface area contributed by atoms with Gasteiger partial charge in [0, 0.05) is 18.0 Å². The van der Waals surface area contributed by atoms with Gasteiger partial charge in [0.1, 0.15) is 0 Å². The summed E-state index contributed by atoms with van der Waals surface area (Å²) in [5.74, 6) is 0.688. The van der Waals surface area contributed by atoms with Crippen LogP contribution in [0.5, 0.6) is 0 Å². The van der Waals surface area contributed by atoms with Gasteiger partial charge in [-0.05, 0) is 39.3 Å². The van der Waals surface area contributed by atoms with Crippen LogP contribution in [0, 0.1) is 12.8 Å². The highest BCUT2D eigenvalue weighted by molar-refractivity contribution is 7.09. The molecule has 1 N–H and O–H groups in total. The van der Waals surface area contributed by atoms with E-state index >= 15 is 0 Å². The number of piperidine rings is 1. The molecule has 2 rings (SSSR count). The van der Waals surface area contributed by atoms with Crippen LogP contribution in [0.25, 0.3) is 0 Å². The molecule has 0 bridgehead atoms. The Morgan fingerprint density at radius 1 is 1.56 bits per heavy atom. The summed E-state index contributed by atoms with van der Waals surface area (Å²) < 4.78 is 0. The second-order valence-corrected chi connectivity index (χ2v) is 6.74. The van der Waals surface area contributed by atoms with Crippen molar-refractivity contribution in [3.05, 3.63) is 16.1 Å². The number of rotatable bonds is 4. The number of aromatic nitrogens is 1. The van der Waals surface area contributed by atoms with E-state index in [-0.39, 0.29) is 0 Å². The zero-order valence-corrected chi connectivity index (χ0v) is 12.8. The van der Waals surface area contributed by atoms with Gasteiger partial charge in [-0.3, -0.25) is 4.90 Å². The molecule has 0 amide bonds. The van der Waals surface area contributed by atoms with Crippen LogP contribution in [0.3, 0.4) is 0 Å². The summed E-state index contributed by atoms with van der Waals surface area (Å²) in [6, 6.07) is 1.06. The van der Waals surface area contributed by atoms with Gasteiger partial charge in [-0.2, -0.15) is 0 Å². The average molecular weight is 267 g/mol. The number of thiazole rings is 1. The molecule has 2 heterocycles. The van der Waals surface area contributed by atoms with Crippen LogP contribution in [0.4, 0.5) is 0 Å². The van der Waals surface area contributed by atoms with E-state index < -0.39 is 0 Å². The third kappa shape index (κ3) is 3.31. The van der Waals surface area contributed by atoms with Crippen molar-refractivity contribution >= 4 is 11.3 Å². The molecular weight excluding hydrogens is 242 g/mol. The van der Waals surface area contributed by atoms with Gasteiger partial charge in [0.2, 0.25) is 0 Å². The fourth-order valence-electron chi connectivity index (χ4n) is 2.84. The zero-order chi connectivity index (χ0) is 13.1. The fourth-order valence-corrected chi connectivity index (χ4v) is 3.49. The first-order valence-electron chi connectivity index (χ1n) is 6.93. The minimum absolute atomic E-state index is 0.495. The first-order valence-corrected chi connectivity index (χ1v) is 7.81. The fraction of sp³-hybridized carbons (Fsp3) is 0.786. The smallest absolute Gasteiger partial charge is 0.0898 e. The topological polar surface area (TPSA) is 28.2 Å². The minimum Gasteiger partial charge on any atom is -0.314 e. The summed E-state index contributed by atoms with van der Waals surface area (Å²) in [4.78, 5) is 7.19. The lowest BCUT2D eigenvalue weighted by Gasteiger charge is -2.38. The maximum Gasteiger partial charge on any atom is 0.0898 e. The Hall–Kier alpha value is -0.450. The third-order valence-corrected chi connectivity index (χ3v) is 4.53. The van der Waals surface area contributed by atoms with E-state index in [1.54, 1.807) is 11.3 Å². The van der Waals surface area contributed by atoms with Gasteiger partial charge < -0.3 is 5.32 Å². The molecule has 1 aliphatic rings. The lowest BCUT2D eigenvalue weighted by Crippen LogP contribution is -2.42. The van der Waals surface area contributed by atoms with Crippen molar-refractivity contribution in [1.82, 2.24) is 15.2 Å². The van der Waals surface area contributed by atoms with Gasteiger partial charge in [0.25, 0.3) is 0 Å². The van der Waals surface area contributed by atoms with Gasteiger partial charge in [-0.25, -0.2) is 4.98 Å². The predicted molar refractivity (Wildman–Crippen MR) is 78.1 cm³/mol. The number of hydrogen-bond acceptors (Lipinski definition) is 4. The average Bonchev–Trinajstić information content (AvgIpc) is 2.72. The summed E-state index contributed by atoms with van der Waals surface area (Å²) in [5, 5.41) is 7.01. The van der Waals surface area contributed by atoms with Crippen LogP contribution in [-0.4, -0.2) is 36.1 Å². The molecule has 0 aromatic carbocycles. The number of aryl methyl sites for hydroxylation is 1. The van der Waals surface area contributed by atoms with Gasteiger partial charge in [0.15, 0.2) is 0 Å². The molecule has 0 saturated carbocycles. The monoisotopic (exact) mass is 267 g/mol. The molecule has 3 nitrogen and oxygen atoms in total. The normalized spacial score (nSPS) is 25.8. The van der Waals surface area contributed by atoms with Gasteiger partial charge >= 0.3 is 0 Å². The summed E-state index contributed by atoms with van der Waals surface area (Å²) in [5.41, 5.74) is 1.27. The third-order valence-electron chi connectivity index (χ3n) is 3.74. The summed E-state index contributed by atoms with van der Waals surface area (Å²) in [6.45, 7) is 8.82. The molecule has 1 aromatic heterocycles. The Morgan fingerprint density at radius 3 is 2.94 bits per heavy atom. The Kier molecular flexibility index (Phi) is 4.76. The van der Waals surface area contributed by atoms with Crippen LogP contribution in [0.2, 0.25) is 0 Å². The number of nitrogens with one attached hydrogen (secondary N) is 1. The number of hydrogen-bond donors (Lipinski definition) is 1. The van der Waals surface area contributed by atoms with Crippen LogP contribution in [0.1, 0.15) is 43.4 Å². The molecule has 102 valence electrons. The lowest BCUT2D eigenvalue weighted by molar-refractivity contribution is 0.115. The largest absolute Gasteiger partial charge is 0.314 e. The first-order chi connectivity index (χ1) is 8.58. The van der Waals surface area contributed by atoms with E-state index in [2.05, 4.69) is 43.4 Å². The van der Waals surface area contributed by atoms with Crippen LogP contribution in [-0.2, 0) is 0 Å². The summed E-state index contributed by atoms with van der Waals surface area (Å²) in [7, 11) is 2.24. The van der Waals surface area contributed by atoms with Crippen molar-refractivity contribution in [2.75, 3.05) is 20.1 Å². The van der Waals surface area contributed by atoms with Gasteiger partial charge in [0.05, 0.1) is 16.7 Å². The molecular formula is C14H25N3S. The minimum atomic E-state index is 0.495. The molecule has 1 saturated heterocycles. The van der Waals surface area contributed by atoms with Gasteiger partial charge in [-0.1, -0.05) is 13.8 Å². The highest BCUT2D eigenvalue weighted by Crippen LogP contribution is 2.35. The SMILES string of the molecule is Cc1nc(C2C(CNC(C)C)CCCN2C)cs1.